The van der Waals surface area contributed by atoms with E-state index in [2.05, 4.69) is 20.9 Å². The Morgan fingerprint density at radius 3 is 2.81 bits per heavy atom. The summed E-state index contributed by atoms with van der Waals surface area (Å²) >= 11 is 3.48. The zero-order valence-electron chi connectivity index (χ0n) is 12.0. The molecule has 1 aromatic heterocycles. The quantitative estimate of drug-likeness (QED) is 0.783. The third-order valence-corrected chi connectivity index (χ3v) is 4.58. The molecule has 0 radical (unpaired) electrons. The van der Waals surface area contributed by atoms with Gasteiger partial charge in [-0.3, -0.25) is 9.78 Å². The summed E-state index contributed by atoms with van der Waals surface area (Å²) in [4.78, 5) is 19.4. The molecule has 1 aliphatic rings. The van der Waals surface area contributed by atoms with Crippen LogP contribution in [0.15, 0.2) is 36.5 Å². The van der Waals surface area contributed by atoms with Crippen LogP contribution in [0.5, 0.6) is 0 Å². The van der Waals surface area contributed by atoms with Gasteiger partial charge in [0.1, 0.15) is 0 Å². The van der Waals surface area contributed by atoms with Crippen LogP contribution in [0, 0.1) is 0 Å². The van der Waals surface area contributed by atoms with E-state index in [1.807, 2.05) is 35.2 Å². The molecule has 0 bridgehead atoms. The fraction of sp³-hybridized carbons (Fsp3) is 0.412. The monoisotopic (exact) mass is 346 g/mol. The number of amides is 1. The summed E-state index contributed by atoms with van der Waals surface area (Å²) in [5.41, 5.74) is 1.65. The lowest BCUT2D eigenvalue weighted by atomic mass is 10.1. The molecular formula is C17H19BrN2O. The van der Waals surface area contributed by atoms with Crippen LogP contribution >= 0.6 is 15.9 Å². The van der Waals surface area contributed by atoms with Gasteiger partial charge in [0.25, 0.3) is 5.91 Å². The molecule has 0 atom stereocenters. The van der Waals surface area contributed by atoms with Crippen molar-refractivity contribution in [3.63, 3.8) is 0 Å². The first-order chi connectivity index (χ1) is 10.3. The van der Waals surface area contributed by atoms with E-state index in [9.17, 15) is 4.79 Å². The van der Waals surface area contributed by atoms with Gasteiger partial charge in [-0.15, -0.1) is 0 Å². The number of carbonyl (C=O) groups is 1. The highest BCUT2D eigenvalue weighted by Crippen LogP contribution is 2.26. The van der Waals surface area contributed by atoms with Gasteiger partial charge in [0, 0.05) is 35.1 Å². The average Bonchev–Trinajstić information content (AvgIpc) is 3.05. The molecule has 0 spiro atoms. The summed E-state index contributed by atoms with van der Waals surface area (Å²) < 4.78 is 0. The van der Waals surface area contributed by atoms with Crippen LogP contribution in [0.2, 0.25) is 0 Å². The van der Waals surface area contributed by atoms with Crippen LogP contribution in [0.4, 0.5) is 0 Å². The molecule has 21 heavy (non-hydrogen) atoms. The Labute approximate surface area is 133 Å². The number of halogens is 1. The maximum absolute atomic E-state index is 13.0. The number of hydrogen-bond acceptors (Lipinski definition) is 2. The van der Waals surface area contributed by atoms with Crippen molar-refractivity contribution in [3.8, 4) is 0 Å². The summed E-state index contributed by atoms with van der Waals surface area (Å²) in [5, 5.41) is 1.76. The summed E-state index contributed by atoms with van der Waals surface area (Å²) in [7, 11) is 0. The number of nitrogens with zero attached hydrogens (tertiary/aromatic N) is 2. The predicted octanol–water partition coefficient (Wildman–Crippen LogP) is 4.01. The van der Waals surface area contributed by atoms with Gasteiger partial charge in [-0.05, 0) is 31.0 Å². The lowest BCUT2D eigenvalue weighted by molar-refractivity contribution is 0.0698. The van der Waals surface area contributed by atoms with Crippen molar-refractivity contribution in [2.75, 3.05) is 11.9 Å². The fourth-order valence-corrected chi connectivity index (χ4v) is 3.58. The van der Waals surface area contributed by atoms with Gasteiger partial charge in [-0.1, -0.05) is 40.9 Å². The second-order valence-corrected chi connectivity index (χ2v) is 6.29. The van der Waals surface area contributed by atoms with Crippen LogP contribution < -0.4 is 0 Å². The molecule has 1 aromatic carbocycles. The van der Waals surface area contributed by atoms with E-state index >= 15 is 0 Å². The van der Waals surface area contributed by atoms with Gasteiger partial charge >= 0.3 is 0 Å². The highest BCUT2D eigenvalue weighted by atomic mass is 79.9. The first-order valence-electron chi connectivity index (χ1n) is 7.52. The minimum Gasteiger partial charge on any atom is -0.335 e. The summed E-state index contributed by atoms with van der Waals surface area (Å²) in [5.74, 6) is 0.139. The van der Waals surface area contributed by atoms with E-state index in [1.54, 1.807) is 6.20 Å². The minimum atomic E-state index is 0.139. The summed E-state index contributed by atoms with van der Waals surface area (Å²) in [6.45, 7) is 0.764. The zero-order chi connectivity index (χ0) is 14.7. The zero-order valence-corrected chi connectivity index (χ0v) is 13.6. The van der Waals surface area contributed by atoms with Crippen LogP contribution in [0.25, 0.3) is 10.9 Å². The molecule has 2 aromatic rings. The largest absolute Gasteiger partial charge is 0.335 e. The summed E-state index contributed by atoms with van der Waals surface area (Å²) in [6, 6.07) is 10.1. The lowest BCUT2D eigenvalue weighted by Gasteiger charge is -2.29. The Balaban J connectivity index is 1.97. The number of rotatable bonds is 4. The number of pyridine rings is 1. The fourth-order valence-electron chi connectivity index (χ4n) is 3.20. The van der Waals surface area contributed by atoms with Gasteiger partial charge in [0.2, 0.25) is 0 Å². The van der Waals surface area contributed by atoms with Crippen molar-refractivity contribution in [2.24, 2.45) is 0 Å². The van der Waals surface area contributed by atoms with Gasteiger partial charge in [0.15, 0.2) is 0 Å². The summed E-state index contributed by atoms with van der Waals surface area (Å²) in [6.07, 6.45) is 6.48. The van der Waals surface area contributed by atoms with Crippen LogP contribution in [0.3, 0.4) is 0 Å². The first kappa shape index (κ1) is 14.5. The molecule has 1 aliphatic carbocycles. The van der Waals surface area contributed by atoms with E-state index in [4.69, 9.17) is 0 Å². The first-order valence-corrected chi connectivity index (χ1v) is 8.64. The highest BCUT2D eigenvalue weighted by molar-refractivity contribution is 9.09. The topological polar surface area (TPSA) is 33.2 Å². The molecule has 4 heteroatoms. The second kappa shape index (κ2) is 6.56. The van der Waals surface area contributed by atoms with Gasteiger partial charge in [0.05, 0.1) is 5.52 Å². The molecule has 1 heterocycles. The molecule has 1 amide bonds. The third kappa shape index (κ3) is 2.95. The van der Waals surface area contributed by atoms with Crippen molar-refractivity contribution in [3.05, 3.63) is 42.1 Å². The maximum atomic E-state index is 13.0. The molecule has 0 saturated heterocycles. The van der Waals surface area contributed by atoms with Crippen LogP contribution in [-0.2, 0) is 0 Å². The van der Waals surface area contributed by atoms with E-state index in [0.29, 0.717) is 6.04 Å². The van der Waals surface area contributed by atoms with E-state index in [-0.39, 0.29) is 5.91 Å². The molecule has 0 N–H and O–H groups in total. The Morgan fingerprint density at radius 1 is 1.24 bits per heavy atom. The lowest BCUT2D eigenvalue weighted by Crippen LogP contribution is -2.40. The number of carbonyl (C=O) groups excluding carboxylic acids is 1. The van der Waals surface area contributed by atoms with E-state index in [1.165, 1.54) is 12.8 Å². The second-order valence-electron chi connectivity index (χ2n) is 5.50. The number of benzene rings is 1. The smallest absolute Gasteiger partial charge is 0.254 e. The minimum absolute atomic E-state index is 0.139. The molecule has 1 saturated carbocycles. The Bertz CT molecular complexity index is 632. The molecule has 0 aliphatic heterocycles. The Hall–Kier alpha value is -1.42. The number of alkyl halides is 1. The normalized spacial score (nSPS) is 15.5. The highest BCUT2D eigenvalue weighted by Gasteiger charge is 2.27. The number of aromatic nitrogens is 1. The Morgan fingerprint density at radius 2 is 2.05 bits per heavy atom. The number of fused-ring (bicyclic) bond motifs is 1. The van der Waals surface area contributed by atoms with Crippen molar-refractivity contribution >= 4 is 32.7 Å². The third-order valence-electron chi connectivity index (χ3n) is 4.23. The van der Waals surface area contributed by atoms with Gasteiger partial charge < -0.3 is 4.90 Å². The molecule has 110 valence electrons. The SMILES string of the molecule is O=C(c1cccc2ncccc12)N(CCBr)C1CCCC1. The van der Waals surface area contributed by atoms with E-state index < -0.39 is 0 Å². The van der Waals surface area contributed by atoms with Crippen molar-refractivity contribution in [2.45, 2.75) is 31.7 Å². The van der Waals surface area contributed by atoms with Gasteiger partial charge in [-0.2, -0.15) is 0 Å². The molecule has 0 unspecified atom stereocenters. The van der Waals surface area contributed by atoms with Crippen molar-refractivity contribution in [1.29, 1.82) is 0 Å². The van der Waals surface area contributed by atoms with Crippen molar-refractivity contribution in [1.82, 2.24) is 9.88 Å². The average molecular weight is 347 g/mol. The van der Waals surface area contributed by atoms with Gasteiger partial charge in [-0.25, -0.2) is 0 Å². The molecule has 3 rings (SSSR count). The van der Waals surface area contributed by atoms with Crippen LogP contribution in [0.1, 0.15) is 36.0 Å². The predicted molar refractivity (Wildman–Crippen MR) is 88.8 cm³/mol. The van der Waals surface area contributed by atoms with Crippen molar-refractivity contribution < 1.29 is 4.79 Å². The number of hydrogen-bond donors (Lipinski definition) is 0. The molecule has 3 nitrogen and oxygen atoms in total. The molecular weight excluding hydrogens is 328 g/mol. The van der Waals surface area contributed by atoms with E-state index in [0.717, 1.165) is 41.2 Å². The molecule has 1 fully saturated rings. The Kier molecular flexibility index (Phi) is 4.54. The standard InChI is InChI=1S/C17H19BrN2O/c18-10-12-20(13-5-1-2-6-13)17(21)15-7-3-9-16-14(15)8-4-11-19-16/h3-4,7-9,11,13H,1-2,5-6,10,12H2. The van der Waals surface area contributed by atoms with Crippen LogP contribution in [-0.4, -0.2) is 33.7 Å². The maximum Gasteiger partial charge on any atom is 0.254 e.